The van der Waals surface area contributed by atoms with Crippen LogP contribution in [0.3, 0.4) is 0 Å². The van der Waals surface area contributed by atoms with Gasteiger partial charge in [0.2, 0.25) is 0 Å². The highest BCUT2D eigenvalue weighted by Crippen LogP contribution is 2.18. The lowest BCUT2D eigenvalue weighted by Crippen LogP contribution is -2.38. The first-order valence-corrected chi connectivity index (χ1v) is 9.84. The summed E-state index contributed by atoms with van der Waals surface area (Å²) in [5.41, 5.74) is 1.69. The largest absolute Gasteiger partial charge is 0.336 e. The predicted molar refractivity (Wildman–Crippen MR) is 92.6 cm³/mol. The molecule has 0 N–H and O–H groups in total. The molecule has 1 fully saturated rings. The first-order chi connectivity index (χ1) is 11.8. The number of carbonyl (C=O) groups excluding carboxylic acids is 1. The molecule has 1 aromatic carbocycles. The van der Waals surface area contributed by atoms with Crippen LogP contribution >= 0.6 is 0 Å². The molecule has 0 saturated carbocycles. The van der Waals surface area contributed by atoms with E-state index in [2.05, 4.69) is 4.98 Å². The molecule has 0 bridgehead atoms. The van der Waals surface area contributed by atoms with Crippen LogP contribution < -0.4 is 0 Å². The van der Waals surface area contributed by atoms with Gasteiger partial charge >= 0.3 is 0 Å². The minimum absolute atomic E-state index is 0.00176. The lowest BCUT2D eigenvalue weighted by Gasteiger charge is -2.23. The molecule has 1 aliphatic rings. The summed E-state index contributed by atoms with van der Waals surface area (Å²) in [7, 11) is -1.45. The number of pyridine rings is 1. The summed E-state index contributed by atoms with van der Waals surface area (Å²) in [5, 5.41) is 0. The van der Waals surface area contributed by atoms with Gasteiger partial charge in [-0.1, -0.05) is 18.2 Å². The summed E-state index contributed by atoms with van der Waals surface area (Å²) in [6.45, 7) is 0. The number of hydrogen-bond donors (Lipinski definition) is 0. The van der Waals surface area contributed by atoms with Crippen molar-refractivity contribution in [2.75, 3.05) is 18.6 Å². The zero-order valence-electron chi connectivity index (χ0n) is 13.9. The summed E-state index contributed by atoms with van der Waals surface area (Å²) in [4.78, 5) is 18.4. The van der Waals surface area contributed by atoms with Crippen LogP contribution in [-0.2, 0) is 16.3 Å². The Balaban J connectivity index is 1.75. The minimum Gasteiger partial charge on any atom is -0.336 e. The average Bonchev–Trinajstić information content (AvgIpc) is 2.94. The second-order valence-corrected chi connectivity index (χ2v) is 8.52. The molecule has 1 atom stereocenters. The summed E-state index contributed by atoms with van der Waals surface area (Å²) >= 11 is 0. The molecule has 25 heavy (non-hydrogen) atoms. The second-order valence-electron chi connectivity index (χ2n) is 6.29. The number of benzene rings is 1. The Bertz CT molecular complexity index is 899. The van der Waals surface area contributed by atoms with Gasteiger partial charge in [-0.3, -0.25) is 4.79 Å². The van der Waals surface area contributed by atoms with Gasteiger partial charge in [-0.15, -0.1) is 0 Å². The molecule has 0 aliphatic carbocycles. The van der Waals surface area contributed by atoms with Gasteiger partial charge in [0.25, 0.3) is 5.91 Å². The molecule has 0 unspecified atom stereocenters. The number of sulfone groups is 1. The van der Waals surface area contributed by atoms with E-state index >= 15 is 0 Å². The maximum atomic E-state index is 13.3. The van der Waals surface area contributed by atoms with Gasteiger partial charge in [0.1, 0.15) is 11.5 Å². The molecule has 132 valence electrons. The van der Waals surface area contributed by atoms with E-state index in [1.165, 1.54) is 17.0 Å². The van der Waals surface area contributed by atoms with Crippen LogP contribution in [0.1, 0.15) is 28.2 Å². The van der Waals surface area contributed by atoms with Gasteiger partial charge in [-0.25, -0.2) is 17.8 Å². The van der Waals surface area contributed by atoms with E-state index in [4.69, 9.17) is 0 Å². The fourth-order valence-electron chi connectivity index (χ4n) is 2.98. The molecule has 1 aliphatic heterocycles. The van der Waals surface area contributed by atoms with Crippen molar-refractivity contribution in [2.45, 2.75) is 18.9 Å². The average molecular weight is 362 g/mol. The van der Waals surface area contributed by atoms with E-state index in [-0.39, 0.29) is 35.0 Å². The first kappa shape index (κ1) is 17.5. The van der Waals surface area contributed by atoms with Crippen LogP contribution in [-0.4, -0.2) is 48.8 Å². The Morgan fingerprint density at radius 2 is 2.04 bits per heavy atom. The maximum Gasteiger partial charge on any atom is 0.272 e. The highest BCUT2D eigenvalue weighted by atomic mass is 32.2. The number of hydrogen-bond acceptors (Lipinski definition) is 4. The van der Waals surface area contributed by atoms with E-state index in [0.29, 0.717) is 18.5 Å². The van der Waals surface area contributed by atoms with Gasteiger partial charge in [-0.05, 0) is 36.2 Å². The third-order valence-electron chi connectivity index (χ3n) is 4.38. The lowest BCUT2D eigenvalue weighted by atomic mass is 10.1. The number of carbonyl (C=O) groups is 1. The van der Waals surface area contributed by atoms with Crippen molar-refractivity contribution in [3.63, 3.8) is 0 Å². The van der Waals surface area contributed by atoms with Crippen LogP contribution in [0.5, 0.6) is 0 Å². The molecule has 1 amide bonds. The molecule has 0 radical (unpaired) electrons. The number of rotatable bonds is 4. The normalized spacial score (nSPS) is 18.9. The highest BCUT2D eigenvalue weighted by molar-refractivity contribution is 7.91. The van der Waals surface area contributed by atoms with E-state index in [9.17, 15) is 17.6 Å². The summed E-state index contributed by atoms with van der Waals surface area (Å²) in [6, 6.07) is 11.1. The molecule has 2 aromatic rings. The van der Waals surface area contributed by atoms with Crippen molar-refractivity contribution in [1.29, 1.82) is 0 Å². The van der Waals surface area contributed by atoms with Crippen molar-refractivity contribution in [1.82, 2.24) is 9.88 Å². The number of amides is 1. The molecule has 2 heterocycles. The van der Waals surface area contributed by atoms with Crippen molar-refractivity contribution >= 4 is 15.7 Å². The quantitative estimate of drug-likeness (QED) is 0.835. The standard InChI is InChI=1S/C18H19FN2O3S/c1-21(16-8-9-25(23,24)12-16)18(22)17-7-3-6-15(20-17)11-13-4-2-5-14(19)10-13/h2-7,10,16H,8-9,11-12H2,1H3/t16-/m1/s1. The van der Waals surface area contributed by atoms with Crippen LogP contribution in [0.15, 0.2) is 42.5 Å². The highest BCUT2D eigenvalue weighted by Gasteiger charge is 2.33. The Hall–Kier alpha value is -2.28. The first-order valence-electron chi connectivity index (χ1n) is 8.02. The zero-order chi connectivity index (χ0) is 18.0. The van der Waals surface area contributed by atoms with Gasteiger partial charge in [-0.2, -0.15) is 0 Å². The van der Waals surface area contributed by atoms with Crippen molar-refractivity contribution < 1.29 is 17.6 Å². The Kier molecular flexibility index (Phi) is 4.85. The van der Waals surface area contributed by atoms with Crippen molar-refractivity contribution in [2.24, 2.45) is 0 Å². The van der Waals surface area contributed by atoms with Crippen LogP contribution in [0.25, 0.3) is 0 Å². The van der Waals surface area contributed by atoms with Crippen LogP contribution in [0.4, 0.5) is 4.39 Å². The topological polar surface area (TPSA) is 67.3 Å². The minimum atomic E-state index is -3.06. The van der Waals surface area contributed by atoms with Gasteiger partial charge in [0.05, 0.1) is 11.5 Å². The zero-order valence-corrected chi connectivity index (χ0v) is 14.7. The SMILES string of the molecule is CN(C(=O)c1cccc(Cc2cccc(F)c2)n1)[C@@H]1CCS(=O)(=O)C1. The van der Waals surface area contributed by atoms with Gasteiger partial charge in [0, 0.05) is 25.2 Å². The lowest BCUT2D eigenvalue weighted by molar-refractivity contribution is 0.0741. The molecule has 1 saturated heterocycles. The number of nitrogens with zero attached hydrogens (tertiary/aromatic N) is 2. The maximum absolute atomic E-state index is 13.3. The van der Waals surface area contributed by atoms with Crippen LogP contribution in [0.2, 0.25) is 0 Å². The molecule has 1 aromatic heterocycles. The van der Waals surface area contributed by atoms with Crippen LogP contribution in [0, 0.1) is 5.82 Å². The number of aromatic nitrogens is 1. The van der Waals surface area contributed by atoms with E-state index in [1.807, 2.05) is 0 Å². The van der Waals surface area contributed by atoms with Gasteiger partial charge in [0.15, 0.2) is 9.84 Å². The summed E-state index contributed by atoms with van der Waals surface area (Å²) in [6.07, 6.45) is 0.869. The second kappa shape index (κ2) is 6.92. The molecule has 5 nitrogen and oxygen atoms in total. The molecular weight excluding hydrogens is 343 g/mol. The Morgan fingerprint density at radius 3 is 2.72 bits per heavy atom. The van der Waals surface area contributed by atoms with E-state index in [0.717, 1.165) is 5.56 Å². The third-order valence-corrected chi connectivity index (χ3v) is 6.13. The van der Waals surface area contributed by atoms with Crippen molar-refractivity contribution in [3.8, 4) is 0 Å². The molecule has 0 spiro atoms. The molecule has 3 rings (SSSR count). The van der Waals surface area contributed by atoms with E-state index in [1.54, 1.807) is 37.4 Å². The third kappa shape index (κ3) is 4.22. The van der Waals surface area contributed by atoms with Gasteiger partial charge < -0.3 is 4.90 Å². The molecule has 7 heteroatoms. The monoisotopic (exact) mass is 362 g/mol. The fraction of sp³-hybridized carbons (Fsp3) is 0.333. The Labute approximate surface area is 146 Å². The Morgan fingerprint density at radius 1 is 1.28 bits per heavy atom. The fourth-order valence-corrected chi connectivity index (χ4v) is 4.75. The number of halogens is 1. The predicted octanol–water partition coefficient (Wildman–Crippen LogP) is 2.07. The smallest absolute Gasteiger partial charge is 0.272 e. The van der Waals surface area contributed by atoms with Crippen molar-refractivity contribution in [3.05, 3.63) is 65.2 Å². The molecular formula is C18H19FN2O3S. The van der Waals surface area contributed by atoms with E-state index < -0.39 is 9.84 Å². The summed E-state index contributed by atoms with van der Waals surface area (Å²) < 4.78 is 36.5. The summed E-state index contributed by atoms with van der Waals surface area (Å²) in [5.74, 6) is -0.504.